The Morgan fingerprint density at radius 3 is 2.65 bits per heavy atom. The maximum atomic E-state index is 10.3. The van der Waals surface area contributed by atoms with Crippen LogP contribution in [-0.4, -0.2) is 40.4 Å². The van der Waals surface area contributed by atoms with E-state index in [0.29, 0.717) is 6.54 Å². The summed E-state index contributed by atoms with van der Waals surface area (Å²) in [6.07, 6.45) is 0.857. The van der Waals surface area contributed by atoms with Gasteiger partial charge < -0.3 is 10.2 Å². The second-order valence-corrected chi connectivity index (χ2v) is 5.22. The quantitative estimate of drug-likeness (QED) is 0.828. The van der Waals surface area contributed by atoms with Crippen molar-refractivity contribution in [2.45, 2.75) is 25.5 Å². The molecule has 0 spiro atoms. The number of hydrogen-bond donors (Lipinski definition) is 2. The maximum absolute atomic E-state index is 10.3. The molecule has 0 unspecified atom stereocenters. The van der Waals surface area contributed by atoms with Crippen LogP contribution in [0.25, 0.3) is 0 Å². The molecule has 0 aromatic heterocycles. The van der Waals surface area contributed by atoms with Crippen molar-refractivity contribution < 1.29 is 10.2 Å². The molecule has 0 radical (unpaired) electrons. The van der Waals surface area contributed by atoms with Crippen molar-refractivity contribution in [2.24, 2.45) is 5.92 Å². The lowest BCUT2D eigenvalue weighted by Crippen LogP contribution is -2.52. The van der Waals surface area contributed by atoms with Gasteiger partial charge in [-0.2, -0.15) is 0 Å². The predicted molar refractivity (Wildman–Crippen MR) is 67.5 cm³/mol. The highest BCUT2D eigenvalue weighted by Gasteiger charge is 2.37. The Labute approximate surface area is 103 Å². The van der Waals surface area contributed by atoms with Crippen LogP contribution in [-0.2, 0) is 6.54 Å². The van der Waals surface area contributed by atoms with Gasteiger partial charge in [0.25, 0.3) is 0 Å². The minimum absolute atomic E-state index is 0.00882. The van der Waals surface area contributed by atoms with E-state index in [0.717, 1.165) is 19.5 Å². The first-order chi connectivity index (χ1) is 8.12. The van der Waals surface area contributed by atoms with Crippen LogP contribution < -0.4 is 0 Å². The lowest BCUT2D eigenvalue weighted by atomic mass is 9.83. The largest absolute Gasteiger partial charge is 0.396 e. The third-order valence-corrected chi connectivity index (χ3v) is 3.69. The summed E-state index contributed by atoms with van der Waals surface area (Å²) in [6.45, 7) is 4.34. The van der Waals surface area contributed by atoms with Crippen molar-refractivity contribution in [1.82, 2.24) is 4.90 Å². The van der Waals surface area contributed by atoms with Crippen LogP contribution in [0.1, 0.15) is 18.9 Å². The smallest absolute Gasteiger partial charge is 0.0796 e. The van der Waals surface area contributed by atoms with Crippen LogP contribution in [0.2, 0.25) is 0 Å². The van der Waals surface area contributed by atoms with Crippen LogP contribution >= 0.6 is 0 Å². The summed E-state index contributed by atoms with van der Waals surface area (Å²) in [5.41, 5.74) is 0.493. The fraction of sp³-hybridized carbons (Fsp3) is 0.571. The molecule has 1 heterocycles. The van der Waals surface area contributed by atoms with E-state index in [4.69, 9.17) is 0 Å². The fourth-order valence-corrected chi connectivity index (χ4v) is 2.57. The van der Waals surface area contributed by atoms with Crippen molar-refractivity contribution in [1.29, 1.82) is 0 Å². The summed E-state index contributed by atoms with van der Waals surface area (Å²) in [5, 5.41) is 19.5. The van der Waals surface area contributed by atoms with Crippen LogP contribution in [0.15, 0.2) is 30.3 Å². The first kappa shape index (κ1) is 12.6. The molecule has 2 atom stereocenters. The fourth-order valence-electron chi connectivity index (χ4n) is 2.57. The standard InChI is InChI=1S/C14H21NO2/c1-14(17)11-15(8-7-13(14)10-16)9-12-5-3-2-4-6-12/h2-6,13,16-17H,7-11H2,1H3/t13-,14-/m0/s1. The molecule has 0 bridgehead atoms. The molecular weight excluding hydrogens is 214 g/mol. The van der Waals surface area contributed by atoms with Crippen molar-refractivity contribution in [3.63, 3.8) is 0 Å². The number of aliphatic hydroxyl groups is 2. The van der Waals surface area contributed by atoms with Gasteiger partial charge in [0.15, 0.2) is 0 Å². The van der Waals surface area contributed by atoms with E-state index in [-0.39, 0.29) is 12.5 Å². The van der Waals surface area contributed by atoms with Crippen LogP contribution in [0.4, 0.5) is 0 Å². The van der Waals surface area contributed by atoms with E-state index < -0.39 is 5.60 Å². The molecule has 1 fully saturated rings. The molecule has 94 valence electrons. The third-order valence-electron chi connectivity index (χ3n) is 3.69. The van der Waals surface area contributed by atoms with Crippen molar-refractivity contribution in [2.75, 3.05) is 19.7 Å². The van der Waals surface area contributed by atoms with E-state index in [9.17, 15) is 10.2 Å². The van der Waals surface area contributed by atoms with Gasteiger partial charge in [-0.25, -0.2) is 0 Å². The number of benzene rings is 1. The van der Waals surface area contributed by atoms with Gasteiger partial charge in [-0.1, -0.05) is 30.3 Å². The number of hydrogen-bond acceptors (Lipinski definition) is 3. The number of β-amino-alcohol motifs (C(OH)–C–C–N with tert-alkyl or cyclic N) is 1. The molecule has 0 aliphatic carbocycles. The van der Waals surface area contributed by atoms with Gasteiger partial charge in [0.05, 0.1) is 5.60 Å². The molecule has 2 N–H and O–H groups in total. The molecule has 2 rings (SSSR count). The molecule has 1 aromatic carbocycles. The van der Waals surface area contributed by atoms with E-state index in [2.05, 4.69) is 17.0 Å². The van der Waals surface area contributed by atoms with Gasteiger partial charge in [0.1, 0.15) is 0 Å². The zero-order valence-corrected chi connectivity index (χ0v) is 10.3. The van der Waals surface area contributed by atoms with E-state index in [1.807, 2.05) is 25.1 Å². The molecule has 1 aliphatic rings. The summed E-state index contributed by atoms with van der Waals surface area (Å²) in [7, 11) is 0. The highest BCUT2D eigenvalue weighted by atomic mass is 16.3. The minimum Gasteiger partial charge on any atom is -0.396 e. The molecule has 3 heteroatoms. The maximum Gasteiger partial charge on any atom is 0.0796 e. The second-order valence-electron chi connectivity index (χ2n) is 5.22. The molecule has 0 saturated carbocycles. The van der Waals surface area contributed by atoms with Gasteiger partial charge in [0.2, 0.25) is 0 Å². The molecule has 0 amide bonds. The number of aliphatic hydroxyl groups excluding tert-OH is 1. The van der Waals surface area contributed by atoms with Crippen LogP contribution in [0.3, 0.4) is 0 Å². The Kier molecular flexibility index (Phi) is 3.82. The Bertz CT molecular complexity index is 350. The van der Waals surface area contributed by atoms with Crippen LogP contribution in [0, 0.1) is 5.92 Å². The Hall–Kier alpha value is -0.900. The number of rotatable bonds is 3. The summed E-state index contributed by atoms with van der Waals surface area (Å²) in [5.74, 6) is 0.00882. The average molecular weight is 235 g/mol. The molecule has 3 nitrogen and oxygen atoms in total. The predicted octanol–water partition coefficient (Wildman–Crippen LogP) is 1.25. The average Bonchev–Trinajstić information content (AvgIpc) is 2.29. The number of piperidine rings is 1. The monoisotopic (exact) mass is 235 g/mol. The van der Waals surface area contributed by atoms with E-state index in [1.165, 1.54) is 5.56 Å². The summed E-state index contributed by atoms with van der Waals surface area (Å²) >= 11 is 0. The normalized spacial score (nSPS) is 30.4. The Morgan fingerprint density at radius 1 is 1.35 bits per heavy atom. The van der Waals surface area contributed by atoms with Gasteiger partial charge in [-0.05, 0) is 25.5 Å². The first-order valence-corrected chi connectivity index (χ1v) is 6.21. The highest BCUT2D eigenvalue weighted by Crippen LogP contribution is 2.27. The molecular formula is C14H21NO2. The van der Waals surface area contributed by atoms with Gasteiger partial charge in [-0.3, -0.25) is 4.90 Å². The molecule has 1 saturated heterocycles. The zero-order chi connectivity index (χ0) is 12.3. The Morgan fingerprint density at radius 2 is 2.06 bits per heavy atom. The van der Waals surface area contributed by atoms with E-state index >= 15 is 0 Å². The summed E-state index contributed by atoms with van der Waals surface area (Å²) < 4.78 is 0. The second kappa shape index (κ2) is 5.17. The van der Waals surface area contributed by atoms with E-state index in [1.54, 1.807) is 0 Å². The third kappa shape index (κ3) is 3.06. The lowest BCUT2D eigenvalue weighted by Gasteiger charge is -2.42. The van der Waals surface area contributed by atoms with Gasteiger partial charge >= 0.3 is 0 Å². The lowest BCUT2D eigenvalue weighted by molar-refractivity contribution is -0.0812. The molecule has 1 aliphatic heterocycles. The number of likely N-dealkylation sites (tertiary alicyclic amines) is 1. The number of nitrogens with zero attached hydrogens (tertiary/aromatic N) is 1. The van der Waals surface area contributed by atoms with Gasteiger partial charge in [0, 0.05) is 25.6 Å². The van der Waals surface area contributed by atoms with Crippen molar-refractivity contribution in [3.05, 3.63) is 35.9 Å². The summed E-state index contributed by atoms with van der Waals surface area (Å²) in [4.78, 5) is 2.25. The van der Waals surface area contributed by atoms with Crippen molar-refractivity contribution >= 4 is 0 Å². The molecule has 1 aromatic rings. The molecule has 17 heavy (non-hydrogen) atoms. The van der Waals surface area contributed by atoms with Gasteiger partial charge in [-0.15, -0.1) is 0 Å². The Balaban J connectivity index is 1.97. The zero-order valence-electron chi connectivity index (χ0n) is 10.3. The first-order valence-electron chi connectivity index (χ1n) is 6.21. The van der Waals surface area contributed by atoms with Crippen LogP contribution in [0.5, 0.6) is 0 Å². The van der Waals surface area contributed by atoms with Crippen molar-refractivity contribution in [3.8, 4) is 0 Å². The minimum atomic E-state index is -0.776. The SMILES string of the molecule is C[C@]1(O)CN(Cc2ccccc2)CC[C@H]1CO. The summed E-state index contributed by atoms with van der Waals surface area (Å²) in [6, 6.07) is 10.3. The highest BCUT2D eigenvalue weighted by molar-refractivity contribution is 5.14. The topological polar surface area (TPSA) is 43.7 Å².